The second kappa shape index (κ2) is 10.0. The molecule has 0 saturated carbocycles. The van der Waals surface area contributed by atoms with Crippen molar-refractivity contribution in [2.24, 2.45) is 5.10 Å². The van der Waals surface area contributed by atoms with Gasteiger partial charge in [0.2, 0.25) is 0 Å². The molecule has 0 aliphatic rings. The Kier molecular flexibility index (Phi) is 7.17. The minimum atomic E-state index is -4.68. The van der Waals surface area contributed by atoms with Gasteiger partial charge >= 0.3 is 12.1 Å². The van der Waals surface area contributed by atoms with Crippen LogP contribution in [0, 0.1) is 11.6 Å². The lowest BCUT2D eigenvalue weighted by Gasteiger charge is -2.18. The summed E-state index contributed by atoms with van der Waals surface area (Å²) in [7, 11) is 0. The molecule has 0 fully saturated rings. The summed E-state index contributed by atoms with van der Waals surface area (Å²) in [5.74, 6) is -4.88. The highest BCUT2D eigenvalue weighted by Gasteiger charge is 2.31. The molecule has 0 radical (unpaired) electrons. The predicted molar refractivity (Wildman–Crippen MR) is 110 cm³/mol. The molecule has 3 aromatic carbocycles. The average Bonchev–Trinajstić information content (AvgIpc) is 2.78. The first kappa shape index (κ1) is 23.6. The highest BCUT2D eigenvalue weighted by molar-refractivity contribution is 5.98. The maximum atomic E-state index is 13.7. The largest absolute Gasteiger partial charge is 0.452 e. The number of carbonyl (C=O) groups is 2. The second-order valence-corrected chi connectivity index (χ2v) is 6.58. The van der Waals surface area contributed by atoms with Crippen LogP contribution in [-0.2, 0) is 15.7 Å². The number of amides is 1. The van der Waals surface area contributed by atoms with Crippen LogP contribution in [0.25, 0.3) is 0 Å². The van der Waals surface area contributed by atoms with E-state index >= 15 is 0 Å². The van der Waals surface area contributed by atoms with Crippen LogP contribution in [0.4, 0.5) is 27.6 Å². The molecule has 0 aliphatic carbocycles. The third-order valence-corrected chi connectivity index (χ3v) is 4.27. The van der Waals surface area contributed by atoms with Gasteiger partial charge in [-0.05, 0) is 35.9 Å². The molecule has 0 saturated heterocycles. The molecular weight excluding hydrogens is 447 g/mol. The number of anilines is 1. The van der Waals surface area contributed by atoms with Gasteiger partial charge in [-0.1, -0.05) is 42.5 Å². The number of hydrazone groups is 1. The van der Waals surface area contributed by atoms with Crippen molar-refractivity contribution in [1.82, 2.24) is 0 Å². The lowest BCUT2D eigenvalue weighted by molar-refractivity contribution is -0.137. The number of carbonyl (C=O) groups excluding carboxylic acids is 2. The van der Waals surface area contributed by atoms with Gasteiger partial charge in [0, 0.05) is 0 Å². The summed E-state index contributed by atoms with van der Waals surface area (Å²) in [5.41, 5.74) is -1.75. The minimum absolute atomic E-state index is 0.255. The van der Waals surface area contributed by atoms with Crippen molar-refractivity contribution in [3.05, 3.63) is 101 Å². The van der Waals surface area contributed by atoms with E-state index in [0.717, 1.165) is 30.3 Å². The minimum Gasteiger partial charge on any atom is -0.452 e. The standard InChI is InChI=1S/C23H15F5N2O3/c24-18-10-5-11-19(25)21(18)22(32)33-14-20(31)30(29-13-15-6-2-1-3-7-15)17-9-4-8-16(12-17)23(26,27)28/h1-13H,14H2. The quantitative estimate of drug-likeness (QED) is 0.219. The molecule has 33 heavy (non-hydrogen) atoms. The lowest BCUT2D eigenvalue weighted by Crippen LogP contribution is -2.31. The summed E-state index contributed by atoms with van der Waals surface area (Å²) < 4.78 is 71.5. The van der Waals surface area contributed by atoms with Crippen LogP contribution >= 0.6 is 0 Å². The zero-order chi connectivity index (χ0) is 24.0. The van der Waals surface area contributed by atoms with Crippen molar-refractivity contribution in [2.45, 2.75) is 6.18 Å². The Bertz CT molecular complexity index is 1160. The van der Waals surface area contributed by atoms with Gasteiger partial charge in [-0.3, -0.25) is 4.79 Å². The number of hydrogen-bond donors (Lipinski definition) is 0. The normalized spacial score (nSPS) is 11.4. The van der Waals surface area contributed by atoms with E-state index in [-0.39, 0.29) is 5.69 Å². The maximum Gasteiger partial charge on any atom is 0.416 e. The molecule has 0 spiro atoms. The molecule has 0 atom stereocenters. The summed E-state index contributed by atoms with van der Waals surface area (Å²) >= 11 is 0. The van der Waals surface area contributed by atoms with Gasteiger partial charge in [0.1, 0.15) is 17.2 Å². The summed E-state index contributed by atoms with van der Waals surface area (Å²) in [6, 6.07) is 14.9. The number of alkyl halides is 3. The predicted octanol–water partition coefficient (Wildman–Crippen LogP) is 5.21. The van der Waals surface area contributed by atoms with E-state index in [2.05, 4.69) is 5.10 Å². The highest BCUT2D eigenvalue weighted by Crippen LogP contribution is 2.31. The first-order valence-corrected chi connectivity index (χ1v) is 9.37. The van der Waals surface area contributed by atoms with Crippen LogP contribution < -0.4 is 5.01 Å². The van der Waals surface area contributed by atoms with E-state index in [0.29, 0.717) is 16.6 Å². The van der Waals surface area contributed by atoms with Gasteiger partial charge < -0.3 is 4.74 Å². The van der Waals surface area contributed by atoms with Gasteiger partial charge in [0.15, 0.2) is 6.61 Å². The van der Waals surface area contributed by atoms with E-state index in [9.17, 15) is 31.5 Å². The van der Waals surface area contributed by atoms with E-state index in [4.69, 9.17) is 4.74 Å². The van der Waals surface area contributed by atoms with Crippen molar-refractivity contribution in [3.8, 4) is 0 Å². The topological polar surface area (TPSA) is 59.0 Å². The number of rotatable bonds is 6. The fraction of sp³-hybridized carbons (Fsp3) is 0.0870. The monoisotopic (exact) mass is 462 g/mol. The number of hydrogen-bond acceptors (Lipinski definition) is 4. The summed E-state index contributed by atoms with van der Waals surface area (Å²) in [6.07, 6.45) is -3.46. The molecule has 0 bridgehead atoms. The zero-order valence-electron chi connectivity index (χ0n) is 16.7. The van der Waals surface area contributed by atoms with Gasteiger partial charge in [-0.2, -0.15) is 23.3 Å². The van der Waals surface area contributed by atoms with Gasteiger partial charge in [0.25, 0.3) is 5.91 Å². The first-order valence-electron chi connectivity index (χ1n) is 9.37. The Labute approximate surface area is 184 Å². The molecule has 5 nitrogen and oxygen atoms in total. The molecule has 1 amide bonds. The van der Waals surface area contributed by atoms with Crippen molar-refractivity contribution >= 4 is 23.8 Å². The molecule has 170 valence electrons. The molecule has 0 aliphatic heterocycles. The van der Waals surface area contributed by atoms with Gasteiger partial charge in [-0.25, -0.2) is 13.6 Å². The number of ether oxygens (including phenoxy) is 1. The summed E-state index contributed by atoms with van der Waals surface area (Å²) in [5, 5.41) is 4.53. The van der Waals surface area contributed by atoms with Crippen molar-refractivity contribution in [3.63, 3.8) is 0 Å². The number of esters is 1. The van der Waals surface area contributed by atoms with Crippen LogP contribution in [0.2, 0.25) is 0 Å². The fourth-order valence-electron chi connectivity index (χ4n) is 2.71. The molecule has 0 unspecified atom stereocenters. The Hall–Kier alpha value is -4.08. The van der Waals surface area contributed by atoms with E-state index < -0.39 is 47.4 Å². The zero-order valence-corrected chi connectivity index (χ0v) is 16.7. The third-order valence-electron chi connectivity index (χ3n) is 4.27. The highest BCUT2D eigenvalue weighted by atomic mass is 19.4. The average molecular weight is 462 g/mol. The van der Waals surface area contributed by atoms with E-state index in [1.54, 1.807) is 30.3 Å². The maximum absolute atomic E-state index is 13.7. The Morgan fingerprint density at radius 2 is 1.55 bits per heavy atom. The second-order valence-electron chi connectivity index (χ2n) is 6.58. The van der Waals surface area contributed by atoms with Crippen molar-refractivity contribution in [1.29, 1.82) is 0 Å². The smallest absolute Gasteiger partial charge is 0.416 e. The Morgan fingerprint density at radius 1 is 0.909 bits per heavy atom. The molecular formula is C23H15F5N2O3. The number of benzene rings is 3. The molecule has 0 N–H and O–H groups in total. The fourth-order valence-corrected chi connectivity index (χ4v) is 2.71. The summed E-state index contributed by atoms with van der Waals surface area (Å²) in [6.45, 7) is -1.03. The van der Waals surface area contributed by atoms with Crippen LogP contribution in [0.5, 0.6) is 0 Å². The van der Waals surface area contributed by atoms with Crippen LogP contribution in [-0.4, -0.2) is 24.7 Å². The van der Waals surface area contributed by atoms with Crippen LogP contribution in [0.1, 0.15) is 21.5 Å². The van der Waals surface area contributed by atoms with Crippen LogP contribution in [0.15, 0.2) is 77.9 Å². The molecule has 0 heterocycles. The van der Waals surface area contributed by atoms with Crippen LogP contribution in [0.3, 0.4) is 0 Å². The molecule has 10 heteroatoms. The third kappa shape index (κ3) is 6.00. The SMILES string of the molecule is O=C(OCC(=O)N(N=Cc1ccccc1)c1cccc(C(F)(F)F)c1)c1c(F)cccc1F. The van der Waals surface area contributed by atoms with Crippen molar-refractivity contribution in [2.75, 3.05) is 11.6 Å². The molecule has 0 aromatic heterocycles. The Balaban J connectivity index is 1.86. The Morgan fingerprint density at radius 3 is 2.18 bits per heavy atom. The first-order chi connectivity index (χ1) is 15.7. The lowest BCUT2D eigenvalue weighted by atomic mass is 10.2. The van der Waals surface area contributed by atoms with Gasteiger partial charge in [-0.15, -0.1) is 0 Å². The number of nitrogens with zero attached hydrogens (tertiary/aromatic N) is 2. The molecule has 3 rings (SSSR count). The van der Waals surface area contributed by atoms with E-state index in [1.807, 2.05) is 0 Å². The summed E-state index contributed by atoms with van der Waals surface area (Å²) in [4.78, 5) is 24.8. The van der Waals surface area contributed by atoms with E-state index in [1.165, 1.54) is 12.3 Å². The number of halogens is 5. The van der Waals surface area contributed by atoms with Crippen molar-refractivity contribution < 1.29 is 36.3 Å². The molecule has 3 aromatic rings. The van der Waals surface area contributed by atoms with Gasteiger partial charge in [0.05, 0.1) is 17.5 Å².